The van der Waals surface area contributed by atoms with Crippen molar-refractivity contribution in [2.75, 3.05) is 7.05 Å². The summed E-state index contributed by atoms with van der Waals surface area (Å²) in [5.41, 5.74) is 1.43. The third-order valence-electron chi connectivity index (χ3n) is 4.36. The second-order valence-corrected chi connectivity index (χ2v) is 4.86. The number of likely N-dealkylation sites (tertiary alicyclic amines) is 1. The number of hydrogen-bond donors (Lipinski definition) is 0. The molecule has 0 unspecified atom stereocenters. The SMILES string of the molecule is CN1C2(CCCC13CC3)CC2. The fourth-order valence-corrected chi connectivity index (χ4v) is 3.04. The lowest BCUT2D eigenvalue weighted by molar-refractivity contribution is 0.0802. The fourth-order valence-electron chi connectivity index (χ4n) is 3.04. The molecule has 0 aromatic rings. The molecule has 0 aromatic carbocycles. The molecule has 2 spiro atoms. The van der Waals surface area contributed by atoms with Gasteiger partial charge < -0.3 is 0 Å². The van der Waals surface area contributed by atoms with Gasteiger partial charge in [-0.1, -0.05) is 0 Å². The summed E-state index contributed by atoms with van der Waals surface area (Å²) in [4.78, 5) is 2.74. The largest absolute Gasteiger partial charge is 0.295 e. The van der Waals surface area contributed by atoms with Crippen LogP contribution in [0.15, 0.2) is 0 Å². The summed E-state index contributed by atoms with van der Waals surface area (Å²) in [6.45, 7) is 0. The second-order valence-electron chi connectivity index (χ2n) is 4.86. The lowest BCUT2D eigenvalue weighted by atomic mass is 9.92. The zero-order valence-electron chi connectivity index (χ0n) is 7.40. The number of hydrogen-bond acceptors (Lipinski definition) is 1. The van der Waals surface area contributed by atoms with Crippen molar-refractivity contribution in [2.45, 2.75) is 56.0 Å². The lowest BCUT2D eigenvalue weighted by Gasteiger charge is -2.41. The zero-order chi connectivity index (χ0) is 7.53. The maximum atomic E-state index is 2.74. The van der Waals surface area contributed by atoms with E-state index in [1.165, 1.54) is 44.9 Å². The molecule has 0 N–H and O–H groups in total. The van der Waals surface area contributed by atoms with E-state index in [-0.39, 0.29) is 0 Å². The Morgan fingerprint density at radius 3 is 1.64 bits per heavy atom. The molecule has 3 rings (SSSR count). The van der Waals surface area contributed by atoms with Crippen LogP contribution in [0, 0.1) is 0 Å². The van der Waals surface area contributed by atoms with E-state index in [9.17, 15) is 0 Å². The van der Waals surface area contributed by atoms with E-state index in [0.717, 1.165) is 11.1 Å². The molecule has 1 heterocycles. The number of piperidine rings is 1. The van der Waals surface area contributed by atoms with Crippen molar-refractivity contribution in [1.82, 2.24) is 4.90 Å². The average molecular weight is 151 g/mol. The minimum Gasteiger partial charge on any atom is -0.295 e. The maximum Gasteiger partial charge on any atom is 0.0213 e. The fraction of sp³-hybridized carbons (Fsp3) is 1.00. The van der Waals surface area contributed by atoms with Gasteiger partial charge in [0.2, 0.25) is 0 Å². The lowest BCUT2D eigenvalue weighted by Crippen LogP contribution is -2.47. The van der Waals surface area contributed by atoms with Crippen LogP contribution in [-0.4, -0.2) is 23.0 Å². The maximum absolute atomic E-state index is 2.74. The van der Waals surface area contributed by atoms with Crippen LogP contribution in [0.4, 0.5) is 0 Å². The van der Waals surface area contributed by atoms with Crippen molar-refractivity contribution in [3.05, 3.63) is 0 Å². The van der Waals surface area contributed by atoms with Gasteiger partial charge in [-0.05, 0) is 52.0 Å². The molecule has 0 bridgehead atoms. The van der Waals surface area contributed by atoms with E-state index >= 15 is 0 Å². The van der Waals surface area contributed by atoms with Gasteiger partial charge in [-0.25, -0.2) is 0 Å². The highest BCUT2D eigenvalue weighted by Crippen LogP contribution is 2.59. The molecule has 1 heteroatoms. The predicted octanol–water partition coefficient (Wildman–Crippen LogP) is 2.17. The van der Waals surface area contributed by atoms with E-state index in [1.807, 2.05) is 0 Å². The van der Waals surface area contributed by atoms with Crippen LogP contribution in [-0.2, 0) is 0 Å². The third-order valence-corrected chi connectivity index (χ3v) is 4.36. The van der Waals surface area contributed by atoms with Crippen molar-refractivity contribution < 1.29 is 0 Å². The summed E-state index contributed by atoms with van der Waals surface area (Å²) < 4.78 is 0. The average Bonchev–Trinajstić information content (AvgIpc) is 2.82. The van der Waals surface area contributed by atoms with Crippen LogP contribution in [0.5, 0.6) is 0 Å². The van der Waals surface area contributed by atoms with E-state index in [0.29, 0.717) is 0 Å². The van der Waals surface area contributed by atoms with Gasteiger partial charge in [-0.2, -0.15) is 0 Å². The van der Waals surface area contributed by atoms with Crippen LogP contribution >= 0.6 is 0 Å². The van der Waals surface area contributed by atoms with Gasteiger partial charge in [0.15, 0.2) is 0 Å². The van der Waals surface area contributed by atoms with Crippen LogP contribution < -0.4 is 0 Å². The normalized spacial score (nSPS) is 37.9. The van der Waals surface area contributed by atoms with Crippen LogP contribution in [0.25, 0.3) is 0 Å². The quantitative estimate of drug-likeness (QED) is 0.513. The third kappa shape index (κ3) is 0.703. The molecule has 0 amide bonds. The zero-order valence-corrected chi connectivity index (χ0v) is 7.40. The Morgan fingerprint density at radius 2 is 1.27 bits per heavy atom. The van der Waals surface area contributed by atoms with Crippen LogP contribution in [0.1, 0.15) is 44.9 Å². The molecule has 0 radical (unpaired) electrons. The van der Waals surface area contributed by atoms with Gasteiger partial charge in [0.25, 0.3) is 0 Å². The highest BCUT2D eigenvalue weighted by Gasteiger charge is 2.60. The summed E-state index contributed by atoms with van der Waals surface area (Å²) in [6, 6.07) is 0. The molecule has 3 aliphatic rings. The predicted molar refractivity (Wildman–Crippen MR) is 45.5 cm³/mol. The van der Waals surface area contributed by atoms with E-state index in [1.54, 1.807) is 0 Å². The summed E-state index contributed by atoms with van der Waals surface area (Å²) >= 11 is 0. The molecule has 1 saturated heterocycles. The van der Waals surface area contributed by atoms with Crippen LogP contribution in [0.3, 0.4) is 0 Å². The highest BCUT2D eigenvalue weighted by atomic mass is 15.3. The minimum atomic E-state index is 0.717. The highest BCUT2D eigenvalue weighted by molar-refractivity contribution is 5.16. The smallest absolute Gasteiger partial charge is 0.0213 e. The number of nitrogens with zero attached hydrogens (tertiary/aromatic N) is 1. The molecule has 11 heavy (non-hydrogen) atoms. The van der Waals surface area contributed by atoms with Crippen molar-refractivity contribution in [3.8, 4) is 0 Å². The van der Waals surface area contributed by atoms with Gasteiger partial charge in [-0.3, -0.25) is 4.90 Å². The first-order chi connectivity index (χ1) is 5.28. The summed E-state index contributed by atoms with van der Waals surface area (Å²) in [5.74, 6) is 0. The topological polar surface area (TPSA) is 3.24 Å². The number of rotatable bonds is 0. The first-order valence-electron chi connectivity index (χ1n) is 5.02. The van der Waals surface area contributed by atoms with E-state index in [2.05, 4.69) is 11.9 Å². The van der Waals surface area contributed by atoms with E-state index in [4.69, 9.17) is 0 Å². The van der Waals surface area contributed by atoms with Crippen molar-refractivity contribution in [2.24, 2.45) is 0 Å². The molecule has 2 aliphatic carbocycles. The molecule has 2 saturated carbocycles. The van der Waals surface area contributed by atoms with E-state index < -0.39 is 0 Å². The molecule has 1 nitrogen and oxygen atoms in total. The Bertz CT molecular complexity index is 169. The minimum absolute atomic E-state index is 0.717. The van der Waals surface area contributed by atoms with Gasteiger partial charge in [0.05, 0.1) is 0 Å². The second kappa shape index (κ2) is 1.66. The Labute approximate surface area is 68.8 Å². The summed E-state index contributed by atoms with van der Waals surface area (Å²) in [6.07, 6.45) is 10.5. The Hall–Kier alpha value is -0.0400. The molecular weight excluding hydrogens is 134 g/mol. The first kappa shape index (κ1) is 6.47. The Kier molecular flexibility index (Phi) is 0.976. The Morgan fingerprint density at radius 1 is 0.818 bits per heavy atom. The molecule has 0 aromatic heterocycles. The molecular formula is C10H17N. The van der Waals surface area contributed by atoms with Crippen LogP contribution in [0.2, 0.25) is 0 Å². The van der Waals surface area contributed by atoms with Crippen molar-refractivity contribution in [1.29, 1.82) is 0 Å². The Balaban J connectivity index is 1.88. The van der Waals surface area contributed by atoms with Gasteiger partial charge in [0.1, 0.15) is 0 Å². The van der Waals surface area contributed by atoms with Gasteiger partial charge in [0, 0.05) is 11.1 Å². The molecule has 0 atom stereocenters. The monoisotopic (exact) mass is 151 g/mol. The first-order valence-corrected chi connectivity index (χ1v) is 5.02. The van der Waals surface area contributed by atoms with Crippen molar-refractivity contribution >= 4 is 0 Å². The standard InChI is InChI=1S/C10H17N/c1-11-9(5-6-9)3-2-4-10(11)7-8-10/h2-8H2,1H3. The summed E-state index contributed by atoms with van der Waals surface area (Å²) in [5, 5.41) is 0. The molecule has 1 aliphatic heterocycles. The van der Waals surface area contributed by atoms with Crippen molar-refractivity contribution in [3.63, 3.8) is 0 Å². The van der Waals surface area contributed by atoms with Gasteiger partial charge in [-0.15, -0.1) is 0 Å². The van der Waals surface area contributed by atoms with Gasteiger partial charge >= 0.3 is 0 Å². The summed E-state index contributed by atoms with van der Waals surface area (Å²) in [7, 11) is 2.37. The molecule has 3 fully saturated rings. The molecule has 62 valence electrons.